The van der Waals surface area contributed by atoms with Crippen LogP contribution in [0.25, 0.3) is 0 Å². The third-order valence-corrected chi connectivity index (χ3v) is 6.11. The summed E-state index contributed by atoms with van der Waals surface area (Å²) in [6, 6.07) is 3.01. The Hall–Kier alpha value is -0.640. The van der Waals surface area contributed by atoms with E-state index in [1.165, 1.54) is 19.2 Å². The molecule has 0 unspecified atom stereocenters. The molecule has 0 fully saturated rings. The quantitative estimate of drug-likeness (QED) is 0.605. The van der Waals surface area contributed by atoms with Crippen molar-refractivity contribution in [1.82, 2.24) is 10.0 Å². The predicted octanol–water partition coefficient (Wildman–Crippen LogP) is 1.84. The van der Waals surface area contributed by atoms with Gasteiger partial charge in [0.25, 0.3) is 0 Å². The molecule has 0 radical (unpaired) electrons. The summed E-state index contributed by atoms with van der Waals surface area (Å²) >= 11 is 6.38. The molecule has 0 bridgehead atoms. The number of sulfonamides is 1. The second-order valence-corrected chi connectivity index (χ2v) is 8.51. The lowest BCUT2D eigenvalue weighted by Crippen LogP contribution is -2.43. The summed E-state index contributed by atoms with van der Waals surface area (Å²) < 4.78 is 27.9. The summed E-state index contributed by atoms with van der Waals surface area (Å²) in [5.74, 6) is -0.249. The fourth-order valence-electron chi connectivity index (χ4n) is 1.60. The lowest BCUT2D eigenvalue weighted by molar-refractivity contribution is -0.128. The lowest BCUT2D eigenvalue weighted by atomic mass is 9.93. The molecule has 6 nitrogen and oxygen atoms in total. The fourth-order valence-corrected chi connectivity index (χ4v) is 5.43. The van der Waals surface area contributed by atoms with Gasteiger partial charge in [0.2, 0.25) is 15.9 Å². The number of amides is 1. The van der Waals surface area contributed by atoms with Crippen LogP contribution in [0.2, 0.25) is 0 Å². The van der Waals surface area contributed by atoms with E-state index in [0.717, 1.165) is 0 Å². The molecular formula is C12H17Br2N3O3S. The zero-order valence-corrected chi connectivity index (χ0v) is 15.8. The van der Waals surface area contributed by atoms with Gasteiger partial charge in [0.15, 0.2) is 0 Å². The van der Waals surface area contributed by atoms with Gasteiger partial charge < -0.3 is 11.1 Å². The number of nitrogens with two attached hydrogens (primary N) is 1. The third-order valence-electron chi connectivity index (χ3n) is 2.84. The second-order valence-electron chi connectivity index (χ2n) is 5.10. The van der Waals surface area contributed by atoms with Crippen LogP contribution in [-0.2, 0) is 14.8 Å². The lowest BCUT2D eigenvalue weighted by Gasteiger charge is -2.23. The Morgan fingerprint density at radius 2 is 1.76 bits per heavy atom. The maximum atomic E-state index is 12.4. The Labute approximate surface area is 141 Å². The van der Waals surface area contributed by atoms with Crippen molar-refractivity contribution in [3.8, 4) is 0 Å². The van der Waals surface area contributed by atoms with Gasteiger partial charge in [-0.1, -0.05) is 0 Å². The van der Waals surface area contributed by atoms with Crippen molar-refractivity contribution in [2.45, 2.75) is 18.7 Å². The Morgan fingerprint density at radius 3 is 2.19 bits per heavy atom. The van der Waals surface area contributed by atoms with E-state index in [1.54, 1.807) is 13.8 Å². The van der Waals surface area contributed by atoms with Gasteiger partial charge in [-0.15, -0.1) is 0 Å². The Morgan fingerprint density at radius 1 is 1.29 bits per heavy atom. The minimum absolute atomic E-state index is 0.0295. The summed E-state index contributed by atoms with van der Waals surface area (Å²) in [7, 11) is -2.29. The van der Waals surface area contributed by atoms with Crippen molar-refractivity contribution < 1.29 is 13.2 Å². The second kappa shape index (κ2) is 6.64. The van der Waals surface area contributed by atoms with Crippen molar-refractivity contribution in [2.24, 2.45) is 5.41 Å². The third kappa shape index (κ3) is 4.41. The summed E-state index contributed by atoms with van der Waals surface area (Å²) in [5.41, 5.74) is 5.21. The van der Waals surface area contributed by atoms with Crippen LogP contribution in [0.15, 0.2) is 26.0 Å². The number of anilines is 1. The Balaban J connectivity index is 3.07. The molecule has 0 heterocycles. The molecule has 118 valence electrons. The highest BCUT2D eigenvalue weighted by molar-refractivity contribution is 9.11. The van der Waals surface area contributed by atoms with E-state index >= 15 is 0 Å². The first kappa shape index (κ1) is 18.4. The molecule has 0 aliphatic heterocycles. The molecule has 4 N–H and O–H groups in total. The molecule has 0 atom stereocenters. The standard InChI is InChI=1S/C12H17Br2N3O3S/c1-12(2,11(18)16-3)6-17-21(19,20)10-8(13)4-7(15)5-9(10)14/h4-5,17H,6,15H2,1-3H3,(H,16,18). The SMILES string of the molecule is CNC(=O)C(C)(C)CNS(=O)(=O)c1c(Br)cc(N)cc1Br. The van der Waals surface area contributed by atoms with Crippen molar-refractivity contribution in [2.75, 3.05) is 19.3 Å². The maximum absolute atomic E-state index is 12.4. The summed E-state index contributed by atoms with van der Waals surface area (Å²) in [6.45, 7) is 3.28. The van der Waals surface area contributed by atoms with Crippen LogP contribution in [0.4, 0.5) is 5.69 Å². The molecule has 0 aliphatic rings. The minimum atomic E-state index is -3.79. The van der Waals surface area contributed by atoms with Crippen molar-refractivity contribution >= 4 is 53.5 Å². The number of nitrogen functional groups attached to an aromatic ring is 1. The minimum Gasteiger partial charge on any atom is -0.399 e. The van der Waals surface area contributed by atoms with Gasteiger partial charge >= 0.3 is 0 Å². The van der Waals surface area contributed by atoms with E-state index in [4.69, 9.17) is 5.73 Å². The van der Waals surface area contributed by atoms with Crippen molar-refractivity contribution in [3.05, 3.63) is 21.1 Å². The molecule has 0 saturated carbocycles. The molecule has 0 aliphatic carbocycles. The highest BCUT2D eigenvalue weighted by Crippen LogP contribution is 2.32. The summed E-state index contributed by atoms with van der Waals surface area (Å²) in [4.78, 5) is 11.7. The fraction of sp³-hybridized carbons (Fsp3) is 0.417. The molecule has 0 spiro atoms. The van der Waals surface area contributed by atoms with Crippen LogP contribution in [-0.4, -0.2) is 27.9 Å². The summed E-state index contributed by atoms with van der Waals surface area (Å²) in [5, 5.41) is 2.50. The van der Waals surface area contributed by atoms with Crippen LogP contribution in [0.5, 0.6) is 0 Å². The number of nitrogens with one attached hydrogen (secondary N) is 2. The summed E-state index contributed by atoms with van der Waals surface area (Å²) in [6.07, 6.45) is 0. The monoisotopic (exact) mass is 441 g/mol. The number of hydrogen-bond donors (Lipinski definition) is 3. The predicted molar refractivity (Wildman–Crippen MR) is 89.3 cm³/mol. The Bertz CT molecular complexity index is 637. The van der Waals surface area contributed by atoms with Gasteiger partial charge in [0.05, 0.1) is 5.41 Å². The van der Waals surface area contributed by atoms with E-state index in [9.17, 15) is 13.2 Å². The molecular weight excluding hydrogens is 426 g/mol. The maximum Gasteiger partial charge on any atom is 0.242 e. The normalized spacial score (nSPS) is 12.2. The molecule has 1 aromatic carbocycles. The highest BCUT2D eigenvalue weighted by Gasteiger charge is 2.30. The van der Waals surface area contributed by atoms with Gasteiger partial charge in [-0.05, 0) is 57.8 Å². The molecule has 1 amide bonds. The number of benzene rings is 1. The molecule has 21 heavy (non-hydrogen) atoms. The average molecular weight is 443 g/mol. The van der Waals surface area contributed by atoms with Gasteiger partial charge in [-0.25, -0.2) is 13.1 Å². The number of carbonyl (C=O) groups excluding carboxylic acids is 1. The number of carbonyl (C=O) groups is 1. The zero-order chi connectivity index (χ0) is 16.4. The molecule has 9 heteroatoms. The molecule has 1 rings (SSSR count). The number of halogens is 2. The van der Waals surface area contributed by atoms with Gasteiger partial charge in [-0.2, -0.15) is 0 Å². The van der Waals surface area contributed by atoms with Crippen LogP contribution < -0.4 is 15.8 Å². The zero-order valence-electron chi connectivity index (χ0n) is 11.8. The average Bonchev–Trinajstić information content (AvgIpc) is 2.34. The van der Waals surface area contributed by atoms with Crippen LogP contribution in [0, 0.1) is 5.41 Å². The van der Waals surface area contributed by atoms with E-state index in [2.05, 4.69) is 41.9 Å². The van der Waals surface area contributed by atoms with Crippen LogP contribution >= 0.6 is 31.9 Å². The smallest absolute Gasteiger partial charge is 0.242 e. The van der Waals surface area contributed by atoms with E-state index in [-0.39, 0.29) is 17.3 Å². The largest absolute Gasteiger partial charge is 0.399 e. The number of rotatable bonds is 5. The molecule has 0 saturated heterocycles. The van der Waals surface area contributed by atoms with E-state index in [0.29, 0.717) is 14.6 Å². The first-order valence-corrected chi connectivity index (χ1v) is 9.04. The Kier molecular flexibility index (Phi) is 5.82. The first-order chi connectivity index (χ1) is 9.51. The topological polar surface area (TPSA) is 101 Å². The first-order valence-electron chi connectivity index (χ1n) is 5.97. The van der Waals surface area contributed by atoms with E-state index < -0.39 is 15.4 Å². The van der Waals surface area contributed by atoms with E-state index in [1.807, 2.05) is 0 Å². The van der Waals surface area contributed by atoms with Gasteiger partial charge in [0.1, 0.15) is 4.90 Å². The highest BCUT2D eigenvalue weighted by atomic mass is 79.9. The van der Waals surface area contributed by atoms with Crippen LogP contribution in [0.1, 0.15) is 13.8 Å². The van der Waals surface area contributed by atoms with Crippen molar-refractivity contribution in [3.63, 3.8) is 0 Å². The molecule has 0 aromatic heterocycles. The van der Waals surface area contributed by atoms with Crippen LogP contribution in [0.3, 0.4) is 0 Å². The van der Waals surface area contributed by atoms with Gasteiger partial charge in [0, 0.05) is 28.2 Å². The van der Waals surface area contributed by atoms with Gasteiger partial charge in [-0.3, -0.25) is 4.79 Å². The van der Waals surface area contributed by atoms with Crippen molar-refractivity contribution in [1.29, 1.82) is 0 Å². The number of hydrogen-bond acceptors (Lipinski definition) is 4. The molecule has 1 aromatic rings.